The van der Waals surface area contributed by atoms with E-state index < -0.39 is 0 Å². The van der Waals surface area contributed by atoms with E-state index in [1.165, 1.54) is 30.8 Å². The quantitative estimate of drug-likeness (QED) is 0.584. The van der Waals surface area contributed by atoms with Crippen LogP contribution in [0.2, 0.25) is 0 Å². The molecule has 0 saturated carbocycles. The van der Waals surface area contributed by atoms with Crippen LogP contribution in [-0.2, 0) is 0 Å². The molecule has 85 valence electrons. The van der Waals surface area contributed by atoms with Crippen molar-refractivity contribution in [2.75, 3.05) is 19.6 Å². The van der Waals surface area contributed by atoms with Crippen molar-refractivity contribution in [1.82, 2.24) is 4.90 Å². The van der Waals surface area contributed by atoms with Crippen LogP contribution in [0.15, 0.2) is 35.2 Å². The van der Waals surface area contributed by atoms with Crippen molar-refractivity contribution in [3.05, 3.63) is 30.3 Å². The van der Waals surface area contributed by atoms with Crippen molar-refractivity contribution in [1.29, 1.82) is 0 Å². The van der Waals surface area contributed by atoms with Gasteiger partial charge in [-0.2, -0.15) is 0 Å². The first-order valence-corrected chi connectivity index (χ1v) is 6.99. The molecule has 16 heavy (non-hydrogen) atoms. The van der Waals surface area contributed by atoms with Crippen LogP contribution in [0.1, 0.15) is 12.8 Å². The van der Waals surface area contributed by atoms with Crippen molar-refractivity contribution in [3.8, 4) is 0 Å². The average Bonchev–Trinajstić information content (AvgIpc) is 2.82. The van der Waals surface area contributed by atoms with E-state index in [2.05, 4.69) is 34.5 Å². The molecule has 1 nitrogen and oxygen atoms in total. The molecule has 1 aromatic rings. The lowest BCUT2D eigenvalue weighted by Gasteiger charge is -2.19. The number of rotatable bonds is 5. The van der Waals surface area contributed by atoms with E-state index in [0.717, 1.165) is 6.54 Å². The highest BCUT2D eigenvalue weighted by Gasteiger charge is 2.16. The minimum absolute atomic E-state index is 0.315. The summed E-state index contributed by atoms with van der Waals surface area (Å²) in [6.45, 7) is 3.49. The number of benzene rings is 1. The number of hydrogen-bond donors (Lipinski definition) is 0. The van der Waals surface area contributed by atoms with E-state index >= 15 is 0 Å². The summed E-state index contributed by atoms with van der Waals surface area (Å²) in [5, 5.41) is 3.30. The Labute approximate surface area is 107 Å². The number of likely N-dealkylation sites (tertiary alicyclic amines) is 1. The van der Waals surface area contributed by atoms with Gasteiger partial charge >= 0.3 is 0 Å². The van der Waals surface area contributed by atoms with Gasteiger partial charge < -0.3 is 4.90 Å². The second-order valence-corrected chi connectivity index (χ2v) is 5.56. The zero-order valence-corrected chi connectivity index (χ0v) is 10.9. The summed E-state index contributed by atoms with van der Waals surface area (Å²) in [4.78, 5) is 3.77. The zero-order valence-electron chi connectivity index (χ0n) is 9.26. The largest absolute Gasteiger partial charge is 0.302 e. The fourth-order valence-corrected chi connectivity index (χ4v) is 3.16. The molecule has 0 bridgehead atoms. The van der Waals surface area contributed by atoms with Gasteiger partial charge in [-0.05, 0) is 38.1 Å². The lowest BCUT2D eigenvalue weighted by atomic mass is 10.4. The molecule has 0 N–H and O–H groups in total. The van der Waals surface area contributed by atoms with E-state index in [4.69, 9.17) is 12.2 Å². The summed E-state index contributed by atoms with van der Waals surface area (Å²) in [5.74, 6) is 0. The SMILES string of the molecule is S=[C]C(CN1CCCC1)Sc1ccccc1. The third-order valence-corrected chi connectivity index (χ3v) is 4.31. The Morgan fingerprint density at radius 1 is 1.25 bits per heavy atom. The highest BCUT2D eigenvalue weighted by atomic mass is 32.2. The molecule has 0 spiro atoms. The fourth-order valence-electron chi connectivity index (χ4n) is 1.96. The molecule has 1 aliphatic heterocycles. The molecule has 1 heterocycles. The summed E-state index contributed by atoms with van der Waals surface area (Å²) in [7, 11) is 0. The first-order chi connectivity index (χ1) is 7.88. The Morgan fingerprint density at radius 3 is 2.56 bits per heavy atom. The van der Waals surface area contributed by atoms with E-state index in [1.807, 2.05) is 17.8 Å². The van der Waals surface area contributed by atoms with Gasteiger partial charge in [0.2, 0.25) is 0 Å². The summed E-state index contributed by atoms with van der Waals surface area (Å²) >= 11 is 6.83. The van der Waals surface area contributed by atoms with Gasteiger partial charge in [-0.15, -0.1) is 11.8 Å². The third kappa shape index (κ3) is 3.58. The van der Waals surface area contributed by atoms with Crippen LogP contribution in [0.25, 0.3) is 0 Å². The Morgan fingerprint density at radius 2 is 1.94 bits per heavy atom. The van der Waals surface area contributed by atoms with Gasteiger partial charge in [-0.3, -0.25) is 0 Å². The summed E-state index contributed by atoms with van der Waals surface area (Å²) in [5.41, 5.74) is 0. The minimum atomic E-state index is 0.315. The predicted molar refractivity (Wildman–Crippen MR) is 74.4 cm³/mol. The summed E-state index contributed by atoms with van der Waals surface area (Å²) in [6, 6.07) is 10.4. The van der Waals surface area contributed by atoms with Crippen molar-refractivity contribution in [2.24, 2.45) is 0 Å². The number of thiocarbonyl (C=S) groups is 1. The lowest BCUT2D eigenvalue weighted by molar-refractivity contribution is 0.354. The predicted octanol–water partition coefficient (Wildman–Crippen LogP) is 3.12. The van der Waals surface area contributed by atoms with Crippen LogP contribution in [-0.4, -0.2) is 35.2 Å². The Kier molecular flexibility index (Phi) is 4.82. The molecule has 1 saturated heterocycles. The number of nitrogens with zero attached hydrogens (tertiary/aromatic N) is 1. The first-order valence-electron chi connectivity index (χ1n) is 5.70. The molecule has 3 heteroatoms. The third-order valence-electron chi connectivity index (χ3n) is 2.78. The van der Waals surface area contributed by atoms with E-state index in [1.54, 1.807) is 0 Å². The van der Waals surface area contributed by atoms with Gasteiger partial charge in [0, 0.05) is 16.8 Å². The summed E-state index contributed by atoms with van der Waals surface area (Å²) in [6.07, 6.45) is 2.67. The highest BCUT2D eigenvalue weighted by Crippen LogP contribution is 2.23. The van der Waals surface area contributed by atoms with Crippen molar-refractivity contribution in [3.63, 3.8) is 0 Å². The maximum Gasteiger partial charge on any atom is 0.0585 e. The molecule has 1 atom stereocenters. The number of thioether (sulfide) groups is 1. The van der Waals surface area contributed by atoms with E-state index in [-0.39, 0.29) is 0 Å². The molecule has 1 unspecified atom stereocenters. The standard InChI is InChI=1S/C13H16NS2/c15-11-13(10-14-8-4-5-9-14)16-12-6-2-1-3-7-12/h1-3,6-7,13H,4-5,8-10H2. The van der Waals surface area contributed by atoms with Gasteiger partial charge in [-0.1, -0.05) is 30.4 Å². The van der Waals surface area contributed by atoms with E-state index in [9.17, 15) is 0 Å². The topological polar surface area (TPSA) is 3.24 Å². The molecule has 1 fully saturated rings. The van der Waals surface area contributed by atoms with Crippen LogP contribution < -0.4 is 0 Å². The smallest absolute Gasteiger partial charge is 0.0585 e. The first kappa shape index (κ1) is 12.1. The van der Waals surface area contributed by atoms with Crippen LogP contribution in [0, 0.1) is 0 Å². The van der Waals surface area contributed by atoms with Crippen molar-refractivity contribution >= 4 is 29.3 Å². The van der Waals surface area contributed by atoms with Gasteiger partial charge in [0.1, 0.15) is 0 Å². The van der Waals surface area contributed by atoms with Gasteiger partial charge in [0.15, 0.2) is 0 Å². The molecule has 0 aromatic heterocycles. The lowest BCUT2D eigenvalue weighted by Crippen LogP contribution is -2.28. The molecule has 2 rings (SSSR count). The minimum Gasteiger partial charge on any atom is -0.302 e. The normalized spacial score (nSPS) is 18.5. The average molecular weight is 250 g/mol. The Bertz CT molecular complexity index is 320. The van der Waals surface area contributed by atoms with Crippen molar-refractivity contribution < 1.29 is 0 Å². The fraction of sp³-hybridized carbons (Fsp3) is 0.462. The monoisotopic (exact) mass is 250 g/mol. The molecule has 1 radical (unpaired) electrons. The van der Waals surface area contributed by atoms with Crippen LogP contribution in [0.3, 0.4) is 0 Å². The maximum atomic E-state index is 5.01. The summed E-state index contributed by atoms with van der Waals surface area (Å²) < 4.78 is 0. The van der Waals surface area contributed by atoms with Gasteiger partial charge in [0.05, 0.1) is 5.25 Å². The molecule has 1 aliphatic rings. The second kappa shape index (κ2) is 6.38. The van der Waals surface area contributed by atoms with Crippen LogP contribution in [0.5, 0.6) is 0 Å². The molecular formula is C13H16NS2. The second-order valence-electron chi connectivity index (χ2n) is 4.05. The molecular weight excluding hydrogens is 234 g/mol. The molecule has 0 aliphatic carbocycles. The Balaban J connectivity index is 1.87. The van der Waals surface area contributed by atoms with E-state index in [0.29, 0.717) is 5.25 Å². The Hall–Kier alpha value is -0.380. The van der Waals surface area contributed by atoms with Crippen LogP contribution in [0.4, 0.5) is 0 Å². The number of hydrogen-bond acceptors (Lipinski definition) is 3. The van der Waals surface area contributed by atoms with Crippen molar-refractivity contribution in [2.45, 2.75) is 23.0 Å². The highest BCUT2D eigenvalue weighted by molar-refractivity contribution is 8.01. The van der Waals surface area contributed by atoms with Gasteiger partial charge in [0.25, 0.3) is 0 Å². The van der Waals surface area contributed by atoms with Crippen LogP contribution >= 0.6 is 24.0 Å². The zero-order chi connectivity index (χ0) is 11.2. The maximum absolute atomic E-state index is 5.01. The molecule has 1 aromatic carbocycles. The van der Waals surface area contributed by atoms with Gasteiger partial charge in [-0.25, -0.2) is 0 Å². The molecule has 0 amide bonds.